The van der Waals surface area contributed by atoms with Crippen LogP contribution in [0.15, 0.2) is 0 Å². The number of hydrogen-bond donors (Lipinski definition) is 1. The maximum absolute atomic E-state index is 5.36. The zero-order chi connectivity index (χ0) is 20.5. The van der Waals surface area contributed by atoms with Gasteiger partial charge >= 0.3 is 0 Å². The van der Waals surface area contributed by atoms with Gasteiger partial charge in [-0.1, -0.05) is 81.6 Å². The van der Waals surface area contributed by atoms with Crippen LogP contribution in [0.3, 0.4) is 0 Å². The largest absolute Gasteiger partial charge is 0.173 e. The Bertz CT molecular complexity index is 309. The molecule has 0 aromatic heterocycles. The predicted molar refractivity (Wildman–Crippen MR) is 125 cm³/mol. The predicted octanol–water partition coefficient (Wildman–Crippen LogP) is 9.47. The minimum absolute atomic E-state index is 0.209. The molecule has 0 saturated heterocycles. The van der Waals surface area contributed by atoms with E-state index >= 15 is 0 Å². The maximum Gasteiger partial charge on any atom is 0.0130 e. The molecule has 0 radical (unpaired) electrons. The Labute approximate surface area is 173 Å². The number of hydrogen-bond acceptors (Lipinski definition) is 1. The molecular formula is C25H52S. The molecule has 26 heavy (non-hydrogen) atoms. The second kappa shape index (κ2) is 11.4. The van der Waals surface area contributed by atoms with Crippen molar-refractivity contribution in [2.45, 2.75) is 144 Å². The first-order valence-corrected chi connectivity index (χ1v) is 12.0. The van der Waals surface area contributed by atoms with Crippen molar-refractivity contribution in [3.05, 3.63) is 0 Å². The van der Waals surface area contributed by atoms with Gasteiger partial charge in [0.2, 0.25) is 0 Å². The highest BCUT2D eigenvalue weighted by atomic mass is 32.1. The van der Waals surface area contributed by atoms with Crippen LogP contribution in [0, 0.1) is 16.2 Å². The molecule has 0 amide bonds. The first kappa shape index (κ1) is 26.4. The summed E-state index contributed by atoms with van der Waals surface area (Å²) in [4.78, 5) is 0. The summed E-state index contributed by atoms with van der Waals surface area (Å²) < 4.78 is 0.209. The minimum Gasteiger partial charge on any atom is -0.173 e. The molecule has 0 spiro atoms. The lowest BCUT2D eigenvalue weighted by molar-refractivity contribution is 0.220. The fraction of sp³-hybridized carbons (Fsp3) is 1.00. The minimum atomic E-state index is 0.209. The van der Waals surface area contributed by atoms with Crippen LogP contribution in [0.1, 0.15) is 139 Å². The van der Waals surface area contributed by atoms with E-state index in [9.17, 15) is 0 Å². The Morgan fingerprint density at radius 2 is 0.654 bits per heavy atom. The van der Waals surface area contributed by atoms with E-state index in [1.165, 1.54) is 77.0 Å². The number of rotatable bonds is 15. The zero-order valence-corrected chi connectivity index (χ0v) is 20.8. The average molecular weight is 385 g/mol. The van der Waals surface area contributed by atoms with E-state index in [0.29, 0.717) is 16.2 Å². The molecule has 0 saturated carbocycles. The highest BCUT2D eigenvalue weighted by molar-refractivity contribution is 7.81. The zero-order valence-electron chi connectivity index (χ0n) is 19.9. The summed E-state index contributed by atoms with van der Waals surface area (Å²) in [6, 6.07) is 0. The van der Waals surface area contributed by atoms with Crippen molar-refractivity contribution in [2.24, 2.45) is 16.2 Å². The van der Waals surface area contributed by atoms with Crippen LogP contribution >= 0.6 is 12.6 Å². The van der Waals surface area contributed by atoms with E-state index in [1.54, 1.807) is 0 Å². The van der Waals surface area contributed by atoms with E-state index in [2.05, 4.69) is 62.3 Å². The summed E-state index contributed by atoms with van der Waals surface area (Å²) in [7, 11) is 0. The van der Waals surface area contributed by atoms with Crippen molar-refractivity contribution in [1.29, 1.82) is 0 Å². The van der Waals surface area contributed by atoms with Gasteiger partial charge in [-0.25, -0.2) is 0 Å². The van der Waals surface area contributed by atoms with Crippen LogP contribution in [-0.4, -0.2) is 4.75 Å². The van der Waals surface area contributed by atoms with Crippen LogP contribution in [-0.2, 0) is 0 Å². The third-order valence-electron chi connectivity index (χ3n) is 6.58. The first-order valence-electron chi connectivity index (χ1n) is 11.5. The van der Waals surface area contributed by atoms with Crippen molar-refractivity contribution >= 4 is 12.6 Å². The summed E-state index contributed by atoms with van der Waals surface area (Å²) in [5.41, 5.74) is 1.38. The standard InChI is InChI=1S/C25H52S/c1-10-13-22(4,5)16-19-25(26,20-17-23(6,7)14-11-2)21-18-24(8,9)15-12-3/h26H,10-21H2,1-9H3. The van der Waals surface area contributed by atoms with Gasteiger partial charge in [-0.2, -0.15) is 12.6 Å². The van der Waals surface area contributed by atoms with Crippen LogP contribution in [0.4, 0.5) is 0 Å². The van der Waals surface area contributed by atoms with Gasteiger partial charge in [-0.3, -0.25) is 0 Å². The quantitative estimate of drug-likeness (QED) is 0.267. The molecule has 0 aliphatic heterocycles. The molecule has 0 aliphatic rings. The Hall–Kier alpha value is 0.350. The van der Waals surface area contributed by atoms with Gasteiger partial charge in [0.05, 0.1) is 0 Å². The second-order valence-corrected chi connectivity index (χ2v) is 12.4. The normalized spacial score (nSPS) is 14.1. The van der Waals surface area contributed by atoms with E-state index in [4.69, 9.17) is 12.6 Å². The van der Waals surface area contributed by atoms with Crippen molar-refractivity contribution in [3.8, 4) is 0 Å². The van der Waals surface area contributed by atoms with Gasteiger partial charge in [0.25, 0.3) is 0 Å². The SMILES string of the molecule is CCCC(C)(C)CCC(S)(CCC(C)(C)CCC)CCC(C)(C)CCC. The Kier molecular flexibility index (Phi) is 11.5. The van der Waals surface area contributed by atoms with E-state index in [1.807, 2.05) is 0 Å². The summed E-state index contributed by atoms with van der Waals surface area (Å²) in [6.45, 7) is 21.7. The second-order valence-electron chi connectivity index (χ2n) is 11.5. The summed E-state index contributed by atoms with van der Waals surface area (Å²) in [5, 5.41) is 0. The van der Waals surface area contributed by atoms with Crippen LogP contribution in [0.25, 0.3) is 0 Å². The molecule has 0 unspecified atom stereocenters. The summed E-state index contributed by atoms with van der Waals surface area (Å²) >= 11 is 5.36. The fourth-order valence-electron chi connectivity index (χ4n) is 4.49. The number of thiol groups is 1. The van der Waals surface area contributed by atoms with Gasteiger partial charge in [0.1, 0.15) is 0 Å². The lowest BCUT2D eigenvalue weighted by atomic mass is 9.73. The first-order chi connectivity index (χ1) is 11.8. The molecule has 0 aromatic carbocycles. The molecule has 158 valence electrons. The fourth-order valence-corrected chi connectivity index (χ4v) is 4.83. The Morgan fingerprint density at radius 1 is 0.423 bits per heavy atom. The molecule has 0 aliphatic carbocycles. The molecule has 0 N–H and O–H groups in total. The lowest BCUT2D eigenvalue weighted by Gasteiger charge is -2.38. The van der Waals surface area contributed by atoms with Crippen molar-refractivity contribution < 1.29 is 0 Å². The summed E-state index contributed by atoms with van der Waals surface area (Å²) in [6.07, 6.45) is 15.6. The van der Waals surface area contributed by atoms with E-state index in [-0.39, 0.29) is 4.75 Å². The van der Waals surface area contributed by atoms with Gasteiger partial charge in [0, 0.05) is 4.75 Å². The summed E-state index contributed by atoms with van der Waals surface area (Å²) in [5.74, 6) is 0. The van der Waals surface area contributed by atoms with Crippen molar-refractivity contribution in [3.63, 3.8) is 0 Å². The van der Waals surface area contributed by atoms with Crippen LogP contribution in [0.2, 0.25) is 0 Å². The topological polar surface area (TPSA) is 0 Å². The molecule has 0 bridgehead atoms. The Morgan fingerprint density at radius 3 is 0.846 bits per heavy atom. The Balaban J connectivity index is 5.00. The van der Waals surface area contributed by atoms with E-state index < -0.39 is 0 Å². The molecule has 0 heterocycles. The third kappa shape index (κ3) is 11.9. The van der Waals surface area contributed by atoms with Gasteiger partial charge in [0.15, 0.2) is 0 Å². The molecule has 1 heteroatoms. The highest BCUT2D eigenvalue weighted by Crippen LogP contribution is 2.43. The molecule has 0 atom stereocenters. The van der Waals surface area contributed by atoms with Crippen molar-refractivity contribution in [1.82, 2.24) is 0 Å². The lowest BCUT2D eigenvalue weighted by Crippen LogP contribution is -2.29. The molecule has 0 aromatic rings. The van der Waals surface area contributed by atoms with Gasteiger partial charge < -0.3 is 0 Å². The molecule has 0 rings (SSSR count). The van der Waals surface area contributed by atoms with Gasteiger partial charge in [-0.15, -0.1) is 0 Å². The molecule has 0 nitrogen and oxygen atoms in total. The van der Waals surface area contributed by atoms with Crippen molar-refractivity contribution in [2.75, 3.05) is 0 Å². The molecule has 0 fully saturated rings. The monoisotopic (exact) mass is 384 g/mol. The van der Waals surface area contributed by atoms with E-state index in [0.717, 1.165) is 0 Å². The highest BCUT2D eigenvalue weighted by Gasteiger charge is 2.32. The van der Waals surface area contributed by atoms with Crippen LogP contribution in [0.5, 0.6) is 0 Å². The van der Waals surface area contributed by atoms with Crippen LogP contribution < -0.4 is 0 Å². The third-order valence-corrected chi connectivity index (χ3v) is 7.25. The maximum atomic E-state index is 5.36. The smallest absolute Gasteiger partial charge is 0.0130 e. The average Bonchev–Trinajstić information content (AvgIpc) is 2.50. The molecular weight excluding hydrogens is 332 g/mol. The van der Waals surface area contributed by atoms with Gasteiger partial charge in [-0.05, 0) is 74.0 Å².